The van der Waals surface area contributed by atoms with Gasteiger partial charge >= 0.3 is 5.97 Å². The molecule has 3 N–H and O–H groups in total. The molecule has 12 heteroatoms. The minimum atomic E-state index is -1.50. The number of ether oxygens (including phenoxy) is 1. The minimum absolute atomic E-state index is 0.0581. The van der Waals surface area contributed by atoms with Gasteiger partial charge in [-0.1, -0.05) is 87.5 Å². The lowest BCUT2D eigenvalue weighted by atomic mass is 10.0. The number of halogens is 1. The summed E-state index contributed by atoms with van der Waals surface area (Å²) in [6.07, 6.45) is 0. The Morgan fingerprint density at radius 3 is 2.07 bits per heavy atom. The van der Waals surface area contributed by atoms with Gasteiger partial charge in [0.1, 0.15) is 12.6 Å². The number of benzene rings is 3. The maximum absolute atomic E-state index is 13.0. The molecule has 3 amide bonds. The fourth-order valence-corrected chi connectivity index (χ4v) is 4.24. The zero-order valence-electron chi connectivity index (χ0n) is 25.1. The Balaban J connectivity index is 0.00000130. The first-order valence-corrected chi connectivity index (χ1v) is 14.1. The van der Waals surface area contributed by atoms with E-state index in [9.17, 15) is 33.3 Å². The van der Waals surface area contributed by atoms with Gasteiger partial charge in [0.25, 0.3) is 11.8 Å². The van der Waals surface area contributed by atoms with E-state index < -0.39 is 55.2 Å². The zero-order chi connectivity index (χ0) is 32.9. The molecule has 0 fully saturated rings. The van der Waals surface area contributed by atoms with Crippen molar-refractivity contribution in [3.8, 4) is 11.1 Å². The second-order valence-electron chi connectivity index (χ2n) is 10.6. The lowest BCUT2D eigenvalue weighted by Gasteiger charge is -2.18. The lowest BCUT2D eigenvalue weighted by molar-refractivity contribution is -0.182. The van der Waals surface area contributed by atoms with Gasteiger partial charge in [-0.15, -0.1) is 0 Å². The van der Waals surface area contributed by atoms with Crippen LogP contribution in [0.15, 0.2) is 72.8 Å². The Kier molecular flexibility index (Phi) is 12.6. The summed E-state index contributed by atoms with van der Waals surface area (Å²) in [6, 6.07) is 19.2. The Bertz CT molecular complexity index is 1560. The zero-order valence-corrected chi connectivity index (χ0v) is 25.1. The van der Waals surface area contributed by atoms with E-state index in [2.05, 4.69) is 36.3 Å². The quantitative estimate of drug-likeness (QED) is 0.204. The fraction of sp³-hybridized carbons (Fsp3) is 0.273. The number of rotatable bonds is 12. The highest BCUT2D eigenvalue weighted by atomic mass is 19.3. The van der Waals surface area contributed by atoms with Crippen molar-refractivity contribution in [2.75, 3.05) is 19.7 Å². The van der Waals surface area contributed by atoms with Crippen LogP contribution in [0.25, 0.3) is 11.1 Å². The van der Waals surface area contributed by atoms with Crippen LogP contribution in [0.2, 0.25) is 0 Å². The SMILES string of the molecule is CC(C)C.O=C(CNC(=O)c1cccc2c1C(=O)c1ccccc1-2)NC(COCc1ccccc1)C(=O)C(=O)NCC(=O)OF. The third-order valence-corrected chi connectivity index (χ3v) is 6.16. The molecule has 3 aromatic rings. The lowest BCUT2D eigenvalue weighted by Crippen LogP contribution is -2.52. The summed E-state index contributed by atoms with van der Waals surface area (Å²) >= 11 is 0. The molecule has 0 aliphatic heterocycles. The highest BCUT2D eigenvalue weighted by Crippen LogP contribution is 2.37. The molecule has 11 nitrogen and oxygen atoms in total. The van der Waals surface area contributed by atoms with E-state index in [4.69, 9.17) is 4.74 Å². The van der Waals surface area contributed by atoms with Gasteiger partial charge in [-0.25, -0.2) is 4.79 Å². The summed E-state index contributed by atoms with van der Waals surface area (Å²) in [5.41, 5.74) is 2.84. The van der Waals surface area contributed by atoms with Gasteiger partial charge in [-0.3, -0.25) is 28.9 Å². The van der Waals surface area contributed by atoms with E-state index in [0.717, 1.165) is 11.5 Å². The molecule has 0 bridgehead atoms. The standard InChI is InChI=1S/C29H24FN3O8.C4H10/c30-41-24(35)14-32-29(39)27(37)22(16-40-15-17-7-2-1-3-8-17)33-23(34)13-31-28(38)21-12-6-11-19-18-9-4-5-10-20(18)26(36)25(19)21;1-4(2)3/h1-12,22H,13-16H2,(H,31,38)(H,32,39)(H,33,34);4H,1-3H3. The Morgan fingerprint density at radius 1 is 0.778 bits per heavy atom. The number of fused-ring (bicyclic) bond motifs is 3. The molecule has 1 aliphatic carbocycles. The molecular formula is C33H34FN3O8. The monoisotopic (exact) mass is 619 g/mol. The Labute approximate surface area is 259 Å². The number of hydrogen-bond donors (Lipinski definition) is 3. The van der Waals surface area contributed by atoms with E-state index in [1.165, 1.54) is 6.07 Å². The van der Waals surface area contributed by atoms with Gasteiger partial charge in [0.2, 0.25) is 11.7 Å². The van der Waals surface area contributed by atoms with E-state index in [1.807, 2.05) is 5.32 Å². The van der Waals surface area contributed by atoms with Crippen molar-refractivity contribution in [1.29, 1.82) is 0 Å². The normalized spacial score (nSPS) is 11.7. The third-order valence-electron chi connectivity index (χ3n) is 6.16. The summed E-state index contributed by atoms with van der Waals surface area (Å²) in [5.74, 6) is -4.89. The van der Waals surface area contributed by atoms with E-state index in [1.54, 1.807) is 66.7 Å². The highest BCUT2D eigenvalue weighted by molar-refractivity contribution is 6.38. The van der Waals surface area contributed by atoms with Crippen molar-refractivity contribution in [3.05, 3.63) is 95.1 Å². The largest absolute Gasteiger partial charge is 0.374 e. The van der Waals surface area contributed by atoms with Crippen LogP contribution in [0.5, 0.6) is 0 Å². The summed E-state index contributed by atoms with van der Waals surface area (Å²) in [6.45, 7) is 4.63. The number of amides is 3. The molecule has 0 aromatic heterocycles. The summed E-state index contributed by atoms with van der Waals surface area (Å²) in [5, 5.41) is 6.63. The van der Waals surface area contributed by atoms with Gasteiger partial charge in [0, 0.05) is 15.7 Å². The number of Topliss-reactive ketones (excluding diaryl/α,β-unsaturated/α-hetero) is 1. The topological polar surface area (TPSA) is 157 Å². The molecule has 0 heterocycles. The predicted octanol–water partition coefficient (Wildman–Crippen LogP) is 3.10. The van der Waals surface area contributed by atoms with E-state index in [0.29, 0.717) is 16.7 Å². The number of carbonyl (C=O) groups excluding carboxylic acids is 6. The molecule has 3 aromatic carbocycles. The van der Waals surface area contributed by atoms with Crippen molar-refractivity contribution in [2.24, 2.45) is 5.92 Å². The van der Waals surface area contributed by atoms with Gasteiger partial charge < -0.3 is 20.7 Å². The maximum atomic E-state index is 13.0. The van der Waals surface area contributed by atoms with Crippen LogP contribution in [0, 0.1) is 5.92 Å². The van der Waals surface area contributed by atoms with Crippen molar-refractivity contribution in [1.82, 2.24) is 16.0 Å². The second-order valence-corrected chi connectivity index (χ2v) is 10.6. The molecule has 1 unspecified atom stereocenters. The van der Waals surface area contributed by atoms with Gasteiger partial charge in [0.05, 0.1) is 25.3 Å². The third kappa shape index (κ3) is 9.63. The first-order chi connectivity index (χ1) is 21.5. The van der Waals surface area contributed by atoms with Crippen molar-refractivity contribution >= 4 is 35.3 Å². The maximum Gasteiger partial charge on any atom is 0.367 e. The Hall–Kier alpha value is -5.23. The van der Waals surface area contributed by atoms with Crippen LogP contribution in [-0.2, 0) is 35.5 Å². The molecule has 0 saturated carbocycles. The molecule has 0 spiro atoms. The van der Waals surface area contributed by atoms with Crippen molar-refractivity contribution in [2.45, 2.75) is 33.4 Å². The van der Waals surface area contributed by atoms with E-state index >= 15 is 0 Å². The summed E-state index contributed by atoms with van der Waals surface area (Å²) in [7, 11) is 0. The first-order valence-electron chi connectivity index (χ1n) is 14.1. The van der Waals surface area contributed by atoms with Crippen LogP contribution in [0.1, 0.15) is 52.6 Å². The smallest absolute Gasteiger partial charge is 0.367 e. The molecule has 1 aliphatic rings. The molecule has 0 saturated heterocycles. The van der Waals surface area contributed by atoms with Gasteiger partial charge in [-0.2, -0.15) is 0 Å². The Morgan fingerprint density at radius 2 is 1.40 bits per heavy atom. The van der Waals surface area contributed by atoms with Crippen LogP contribution >= 0.6 is 0 Å². The van der Waals surface area contributed by atoms with E-state index in [-0.39, 0.29) is 23.5 Å². The van der Waals surface area contributed by atoms with Crippen LogP contribution in [0.4, 0.5) is 4.53 Å². The molecule has 4 rings (SSSR count). The number of carbonyl (C=O) groups is 6. The minimum Gasteiger partial charge on any atom is -0.374 e. The van der Waals surface area contributed by atoms with Crippen LogP contribution in [0.3, 0.4) is 0 Å². The van der Waals surface area contributed by atoms with Gasteiger partial charge in [0.15, 0.2) is 5.78 Å². The molecule has 1 atom stereocenters. The predicted molar refractivity (Wildman–Crippen MR) is 161 cm³/mol. The van der Waals surface area contributed by atoms with Crippen LogP contribution in [-0.4, -0.2) is 61.0 Å². The average Bonchev–Trinajstić information content (AvgIpc) is 3.33. The number of ketones is 2. The second kappa shape index (κ2) is 16.6. The van der Waals surface area contributed by atoms with Crippen molar-refractivity contribution < 1.29 is 43.0 Å². The first kappa shape index (κ1) is 34.3. The molecular weight excluding hydrogens is 585 g/mol. The summed E-state index contributed by atoms with van der Waals surface area (Å²) in [4.78, 5) is 77.4. The molecule has 0 radical (unpaired) electrons. The van der Waals surface area contributed by atoms with Gasteiger partial charge in [-0.05, 0) is 28.7 Å². The molecule has 45 heavy (non-hydrogen) atoms. The van der Waals surface area contributed by atoms with Crippen molar-refractivity contribution in [3.63, 3.8) is 0 Å². The highest BCUT2D eigenvalue weighted by Gasteiger charge is 2.31. The number of hydrogen-bond acceptors (Lipinski definition) is 8. The number of nitrogens with one attached hydrogen (secondary N) is 3. The molecule has 236 valence electrons. The fourth-order valence-electron chi connectivity index (χ4n) is 4.24. The van der Waals surface area contributed by atoms with Crippen LogP contribution < -0.4 is 16.0 Å². The average molecular weight is 620 g/mol. The summed E-state index contributed by atoms with van der Waals surface area (Å²) < 4.78 is 17.4.